The Hall–Kier alpha value is -6.59. The second-order valence-corrected chi connectivity index (χ2v) is 15.5. The van der Waals surface area contributed by atoms with E-state index in [1.165, 1.54) is 58.9 Å². The van der Waals surface area contributed by atoms with Crippen molar-refractivity contribution in [1.82, 2.24) is 10.9 Å². The molecular formula is C51H37N3S. The minimum Gasteiger partial charge on any atom is -0.305 e. The summed E-state index contributed by atoms with van der Waals surface area (Å²) >= 11 is 1.73. The highest BCUT2D eigenvalue weighted by molar-refractivity contribution is 7.26. The molecule has 0 aliphatic rings. The van der Waals surface area contributed by atoms with E-state index in [4.69, 9.17) is 0 Å². The molecule has 0 saturated carbocycles. The second-order valence-electron chi connectivity index (χ2n) is 14.4. The van der Waals surface area contributed by atoms with Crippen LogP contribution in [0.5, 0.6) is 0 Å². The van der Waals surface area contributed by atoms with E-state index in [2.05, 4.69) is 188 Å². The molecule has 10 rings (SSSR count). The zero-order valence-electron chi connectivity index (χ0n) is 30.3. The summed E-state index contributed by atoms with van der Waals surface area (Å²) in [6.07, 6.45) is 0. The standard InChI is InChI=1S/C51H37N3S/c1-51(37-14-3-2-4-15-37,54-53-50(52)46-23-12-22-45-44-21-9-10-24-48(44)55-49(45)46)38-16-11-13-35(31-38)33-25-27-34(28-26-33)36-29-30-43-41-19-6-5-17-39(41)40-18-7-8-20-42(40)47(43)32-36/h2-32,54H,1H3,(H2,52,53). The van der Waals surface area contributed by atoms with Crippen LogP contribution in [-0.4, -0.2) is 5.84 Å². The Bertz CT molecular complexity index is 3040. The molecule has 1 heterocycles. The van der Waals surface area contributed by atoms with Crippen LogP contribution in [0.3, 0.4) is 0 Å². The first kappa shape index (κ1) is 33.0. The van der Waals surface area contributed by atoms with E-state index in [-0.39, 0.29) is 0 Å². The van der Waals surface area contributed by atoms with Crippen LogP contribution in [0.15, 0.2) is 188 Å². The van der Waals surface area contributed by atoms with Gasteiger partial charge in [-0.2, -0.15) is 0 Å². The van der Waals surface area contributed by atoms with Gasteiger partial charge in [-0.25, -0.2) is 5.43 Å². The van der Waals surface area contributed by atoms with Gasteiger partial charge in [-0.3, -0.25) is 5.41 Å². The van der Waals surface area contributed by atoms with Crippen LogP contribution in [0.1, 0.15) is 23.6 Å². The lowest BCUT2D eigenvalue weighted by Crippen LogP contribution is -2.51. The fourth-order valence-corrected chi connectivity index (χ4v) is 9.46. The third-order valence-electron chi connectivity index (χ3n) is 11.2. The van der Waals surface area contributed by atoms with E-state index in [1.54, 1.807) is 11.3 Å². The number of thiophene rings is 1. The van der Waals surface area contributed by atoms with Crippen LogP contribution in [0.2, 0.25) is 0 Å². The van der Waals surface area contributed by atoms with Gasteiger partial charge in [0.2, 0.25) is 0 Å². The molecule has 4 heteroatoms. The zero-order valence-corrected chi connectivity index (χ0v) is 31.1. The fourth-order valence-electron chi connectivity index (χ4n) is 8.23. The van der Waals surface area contributed by atoms with E-state index < -0.39 is 5.54 Å². The van der Waals surface area contributed by atoms with Crippen molar-refractivity contribution in [3.8, 4) is 22.3 Å². The Kier molecular flexibility index (Phi) is 8.02. The van der Waals surface area contributed by atoms with E-state index in [1.807, 2.05) is 18.2 Å². The largest absolute Gasteiger partial charge is 0.305 e. The molecule has 55 heavy (non-hydrogen) atoms. The average Bonchev–Trinajstić information content (AvgIpc) is 3.65. The fraction of sp³-hybridized carbons (Fsp3) is 0.0392. The van der Waals surface area contributed by atoms with Crippen molar-refractivity contribution < 1.29 is 0 Å². The third-order valence-corrected chi connectivity index (χ3v) is 12.4. The summed E-state index contributed by atoms with van der Waals surface area (Å²) in [6, 6.07) is 67.1. The summed E-state index contributed by atoms with van der Waals surface area (Å²) in [7, 11) is 0. The van der Waals surface area contributed by atoms with Crippen molar-refractivity contribution in [2.45, 2.75) is 12.5 Å². The first-order chi connectivity index (χ1) is 27.0. The first-order valence-corrected chi connectivity index (χ1v) is 19.5. The number of hydrogen-bond acceptors (Lipinski definition) is 3. The molecule has 0 aliphatic carbocycles. The van der Waals surface area contributed by atoms with Crippen LogP contribution in [0.4, 0.5) is 0 Å². The van der Waals surface area contributed by atoms with Crippen molar-refractivity contribution in [3.63, 3.8) is 0 Å². The summed E-state index contributed by atoms with van der Waals surface area (Å²) in [4.78, 5) is 0. The van der Waals surface area contributed by atoms with Crippen molar-refractivity contribution in [2.75, 3.05) is 0 Å². The van der Waals surface area contributed by atoms with Gasteiger partial charge in [0.25, 0.3) is 0 Å². The molecule has 0 saturated heterocycles. The highest BCUT2D eigenvalue weighted by Crippen LogP contribution is 2.39. The second kappa shape index (κ2) is 13.4. The molecule has 1 unspecified atom stereocenters. The number of hydrogen-bond donors (Lipinski definition) is 3. The van der Waals surface area contributed by atoms with E-state index in [0.717, 1.165) is 32.5 Å². The molecule has 10 aromatic rings. The van der Waals surface area contributed by atoms with Crippen LogP contribution >= 0.6 is 11.3 Å². The van der Waals surface area contributed by atoms with Gasteiger partial charge in [0.1, 0.15) is 5.84 Å². The number of benzene rings is 9. The Morgan fingerprint density at radius 2 is 0.945 bits per heavy atom. The van der Waals surface area contributed by atoms with Gasteiger partial charge < -0.3 is 5.43 Å². The van der Waals surface area contributed by atoms with E-state index in [0.29, 0.717) is 5.84 Å². The monoisotopic (exact) mass is 723 g/mol. The molecule has 0 aliphatic heterocycles. The number of amidine groups is 1. The number of hydrazine groups is 1. The van der Waals surface area contributed by atoms with Gasteiger partial charge in [-0.15, -0.1) is 11.3 Å². The van der Waals surface area contributed by atoms with Crippen molar-refractivity contribution in [1.29, 1.82) is 5.41 Å². The molecule has 262 valence electrons. The summed E-state index contributed by atoms with van der Waals surface area (Å²) < 4.78 is 2.34. The lowest BCUT2D eigenvalue weighted by atomic mass is 9.84. The zero-order chi connectivity index (χ0) is 36.9. The molecular weight excluding hydrogens is 687 g/mol. The minimum absolute atomic E-state index is 0.334. The lowest BCUT2D eigenvalue weighted by Gasteiger charge is -2.33. The number of nitrogens with one attached hydrogen (secondary N) is 3. The van der Waals surface area contributed by atoms with Crippen molar-refractivity contribution in [2.24, 2.45) is 0 Å². The molecule has 3 nitrogen and oxygen atoms in total. The third kappa shape index (κ3) is 5.66. The predicted octanol–water partition coefficient (Wildman–Crippen LogP) is 13.2. The van der Waals surface area contributed by atoms with Crippen molar-refractivity contribution >= 4 is 69.7 Å². The number of rotatable bonds is 7. The Morgan fingerprint density at radius 3 is 1.64 bits per heavy atom. The maximum atomic E-state index is 9.21. The maximum absolute atomic E-state index is 9.21. The van der Waals surface area contributed by atoms with Crippen molar-refractivity contribution in [3.05, 3.63) is 205 Å². The molecule has 3 N–H and O–H groups in total. The lowest BCUT2D eigenvalue weighted by molar-refractivity contribution is 0.414. The molecule has 1 atom stereocenters. The first-order valence-electron chi connectivity index (χ1n) is 18.7. The predicted molar refractivity (Wildman–Crippen MR) is 235 cm³/mol. The molecule has 9 aromatic carbocycles. The Morgan fingerprint density at radius 1 is 0.436 bits per heavy atom. The quantitative estimate of drug-likeness (QED) is 0.0664. The summed E-state index contributed by atoms with van der Waals surface area (Å²) in [5, 5.41) is 19.3. The highest BCUT2D eigenvalue weighted by atomic mass is 32.1. The molecule has 1 aromatic heterocycles. The normalized spacial score (nSPS) is 12.7. The van der Waals surface area contributed by atoms with Crippen LogP contribution in [0, 0.1) is 5.41 Å². The van der Waals surface area contributed by atoms with E-state index >= 15 is 0 Å². The summed E-state index contributed by atoms with van der Waals surface area (Å²) in [6.45, 7) is 2.18. The maximum Gasteiger partial charge on any atom is 0.141 e. The molecule has 0 amide bonds. The van der Waals surface area contributed by atoms with Crippen LogP contribution in [0.25, 0.3) is 74.7 Å². The Labute approximate surface area is 324 Å². The van der Waals surface area contributed by atoms with Gasteiger partial charge in [-0.1, -0.05) is 164 Å². The smallest absolute Gasteiger partial charge is 0.141 e. The van der Waals surface area contributed by atoms with Gasteiger partial charge in [0.15, 0.2) is 0 Å². The van der Waals surface area contributed by atoms with Gasteiger partial charge >= 0.3 is 0 Å². The molecule has 0 spiro atoms. The van der Waals surface area contributed by atoms with Crippen LogP contribution < -0.4 is 10.9 Å². The van der Waals surface area contributed by atoms with Gasteiger partial charge in [0, 0.05) is 25.7 Å². The van der Waals surface area contributed by atoms with Gasteiger partial charge in [-0.05, 0) is 96.9 Å². The SMILES string of the molecule is CC(NNC(=N)c1cccc2c1sc1ccccc12)(c1ccccc1)c1cccc(-c2ccc(-c3ccc4c5ccccc5c5ccccc5c4c3)cc2)c1. The Balaban J connectivity index is 0.971. The minimum atomic E-state index is -0.643. The molecule has 0 bridgehead atoms. The molecule has 0 radical (unpaired) electrons. The summed E-state index contributed by atoms with van der Waals surface area (Å²) in [5.74, 6) is 0.334. The van der Waals surface area contributed by atoms with Crippen LogP contribution in [-0.2, 0) is 5.54 Å². The molecule has 0 fully saturated rings. The number of fused-ring (bicyclic) bond motifs is 9. The summed E-state index contributed by atoms with van der Waals surface area (Å²) in [5.41, 5.74) is 14.0. The highest BCUT2D eigenvalue weighted by Gasteiger charge is 2.30. The van der Waals surface area contributed by atoms with Gasteiger partial charge in [0.05, 0.1) is 5.54 Å². The van der Waals surface area contributed by atoms with E-state index in [9.17, 15) is 5.41 Å². The average molecular weight is 724 g/mol. The topological polar surface area (TPSA) is 47.9 Å².